The quantitative estimate of drug-likeness (QED) is 0.696. The smallest absolute Gasteiger partial charge is 0.147 e. The van der Waals surface area contributed by atoms with Crippen molar-refractivity contribution in [1.82, 2.24) is 0 Å². The van der Waals surface area contributed by atoms with Gasteiger partial charge in [0.2, 0.25) is 0 Å². The summed E-state index contributed by atoms with van der Waals surface area (Å²) in [5.41, 5.74) is 3.24. The Kier molecular flexibility index (Phi) is 7.90. The second-order valence-corrected chi connectivity index (χ2v) is 7.52. The molecule has 0 unspecified atom stereocenters. The maximum atomic E-state index is 2.44. The fraction of sp³-hybridized carbons (Fsp3) is 0.385. The van der Waals surface area contributed by atoms with Crippen molar-refractivity contribution in [2.75, 3.05) is 0 Å². The van der Waals surface area contributed by atoms with E-state index in [0.29, 0.717) is 0 Å². The first-order valence-electron chi connectivity index (χ1n) is 5.33. The molecule has 0 fully saturated rings. The molecule has 0 saturated carbocycles. The van der Waals surface area contributed by atoms with Gasteiger partial charge in [0.15, 0.2) is 0 Å². The van der Waals surface area contributed by atoms with Gasteiger partial charge in [0.05, 0.1) is 0 Å². The molecule has 0 aliphatic heterocycles. The van der Waals surface area contributed by atoms with Crippen LogP contribution in [0.1, 0.15) is 33.1 Å². The molecule has 0 aromatic heterocycles. The zero-order chi connectivity index (χ0) is 9.97. The first-order valence-corrected chi connectivity index (χ1v) is 7.79. The molecular weight excluding hydrogens is 318 g/mol. The Morgan fingerprint density at radius 2 is 2.00 bits per heavy atom. The van der Waals surface area contributed by atoms with Gasteiger partial charge in [0, 0.05) is 0 Å². The van der Waals surface area contributed by atoms with Gasteiger partial charge in [-0.1, -0.05) is 0 Å². The molecule has 2 rings (SSSR count). The molecule has 0 radical (unpaired) electrons. The predicted octanol–water partition coefficient (Wildman–Crippen LogP) is 4.77. The summed E-state index contributed by atoms with van der Waals surface area (Å²) in [6.45, 7) is 4.58. The van der Waals surface area contributed by atoms with Gasteiger partial charge in [-0.05, 0) is 0 Å². The summed E-state index contributed by atoms with van der Waals surface area (Å²) in [5, 5.41) is 0. The molecule has 0 saturated heterocycles. The van der Waals surface area contributed by atoms with Gasteiger partial charge in [-0.2, -0.15) is 0 Å². The topological polar surface area (TPSA) is 0 Å². The van der Waals surface area contributed by atoms with Gasteiger partial charge >= 0.3 is 98.4 Å². The van der Waals surface area contributed by atoms with Gasteiger partial charge in [0.1, 0.15) is 0 Å². The summed E-state index contributed by atoms with van der Waals surface area (Å²) in [7, 11) is 0. The first-order chi connectivity index (χ1) is 6.81. The van der Waals surface area contributed by atoms with Crippen molar-refractivity contribution in [3.05, 3.63) is 42.0 Å². The Hall–Kier alpha value is 0.423. The van der Waals surface area contributed by atoms with E-state index in [4.69, 9.17) is 0 Å². The molecule has 0 aromatic rings. The third kappa shape index (κ3) is 3.72. The van der Waals surface area contributed by atoms with Gasteiger partial charge in [0.25, 0.3) is 0 Å². The molecule has 0 aromatic carbocycles. The molecule has 0 amide bonds. The monoisotopic (exact) mass is 334 g/mol. The summed E-state index contributed by atoms with van der Waals surface area (Å²) in [6, 6.07) is 0. The Labute approximate surface area is 122 Å². The normalized spacial score (nSPS) is 17.6. The predicted molar refractivity (Wildman–Crippen MR) is 72.0 cm³/mol. The fourth-order valence-corrected chi connectivity index (χ4v) is 5.31. The molecule has 0 heterocycles. The van der Waals surface area contributed by atoms with E-state index in [0.717, 1.165) is 0 Å². The van der Waals surface area contributed by atoms with E-state index in [1.165, 1.54) is 19.3 Å². The minimum absolute atomic E-state index is 0. The van der Waals surface area contributed by atoms with Gasteiger partial charge in [-0.3, -0.25) is 0 Å². The fourth-order valence-electron chi connectivity index (χ4n) is 2.01. The molecule has 2 aliphatic carbocycles. The number of rotatable bonds is 3. The van der Waals surface area contributed by atoms with E-state index in [-0.39, 0.29) is 48.0 Å². The SMILES string of the molecule is CCC1=CC[C]([Zr][C]2=CC=CC2)=C1C.Cl.Cl. The minimum atomic E-state index is -0.388. The van der Waals surface area contributed by atoms with Crippen LogP contribution in [0.5, 0.6) is 0 Å². The van der Waals surface area contributed by atoms with Crippen molar-refractivity contribution in [1.29, 1.82) is 0 Å². The van der Waals surface area contributed by atoms with Crippen molar-refractivity contribution >= 4 is 24.8 Å². The van der Waals surface area contributed by atoms with Crippen LogP contribution in [0.4, 0.5) is 0 Å². The van der Waals surface area contributed by atoms with Crippen LogP contribution in [-0.4, -0.2) is 0 Å². The first kappa shape index (κ1) is 16.4. The van der Waals surface area contributed by atoms with Crippen molar-refractivity contribution < 1.29 is 23.2 Å². The molecule has 0 atom stereocenters. The molecule has 3 heteroatoms. The van der Waals surface area contributed by atoms with Crippen LogP contribution in [0.3, 0.4) is 0 Å². The van der Waals surface area contributed by atoms with Crippen LogP contribution >= 0.6 is 24.8 Å². The number of hydrogen-bond acceptors (Lipinski definition) is 0. The average Bonchev–Trinajstić information content (AvgIpc) is 2.79. The summed E-state index contributed by atoms with van der Waals surface area (Å²) in [4.78, 5) is 0. The molecule has 2 aliphatic rings. The van der Waals surface area contributed by atoms with E-state index in [1.807, 2.05) is 0 Å². The molecular formula is C13H18Cl2Zr. The zero-order valence-electron chi connectivity index (χ0n) is 9.75. The van der Waals surface area contributed by atoms with Crippen LogP contribution in [0, 0.1) is 0 Å². The summed E-state index contributed by atoms with van der Waals surface area (Å²) in [5.74, 6) is 0. The largest absolute Gasteiger partial charge is 0.147 e. The van der Waals surface area contributed by atoms with E-state index < -0.39 is 0 Å². The second-order valence-electron chi connectivity index (χ2n) is 3.84. The van der Waals surface area contributed by atoms with Crippen molar-refractivity contribution in [2.24, 2.45) is 0 Å². The maximum absolute atomic E-state index is 2.44. The summed E-state index contributed by atoms with van der Waals surface area (Å²) in [6.07, 6.45) is 13.0. The van der Waals surface area contributed by atoms with Gasteiger partial charge in [-0.25, -0.2) is 0 Å². The van der Waals surface area contributed by atoms with Crippen LogP contribution in [0.2, 0.25) is 0 Å². The number of halogens is 2. The zero-order valence-corrected chi connectivity index (χ0v) is 13.8. The third-order valence-electron chi connectivity index (χ3n) is 2.95. The van der Waals surface area contributed by atoms with Crippen molar-refractivity contribution in [3.63, 3.8) is 0 Å². The van der Waals surface area contributed by atoms with Crippen LogP contribution in [0.15, 0.2) is 42.0 Å². The molecule has 16 heavy (non-hydrogen) atoms. The van der Waals surface area contributed by atoms with Gasteiger partial charge < -0.3 is 0 Å². The van der Waals surface area contributed by atoms with Crippen LogP contribution in [0.25, 0.3) is 0 Å². The standard InChI is InChI=1S/C8H11.C5H5.2ClH.Zr/c1-3-8-6-4-5-7(8)2;1-2-4-5-3-1;;;/h6H,3-4H2,1-2H3;1-3H,4H2;2*1H;. The molecule has 0 N–H and O–H groups in total. The van der Waals surface area contributed by atoms with E-state index in [1.54, 1.807) is 17.7 Å². The Bertz CT molecular complexity index is 362. The second kappa shape index (κ2) is 7.69. The summed E-state index contributed by atoms with van der Waals surface area (Å²) >= 11 is -0.388. The Balaban J connectivity index is 0.00000112. The molecule has 88 valence electrons. The Morgan fingerprint density at radius 1 is 1.25 bits per heavy atom. The maximum Gasteiger partial charge on any atom is -0.147 e. The van der Waals surface area contributed by atoms with Crippen molar-refractivity contribution in [2.45, 2.75) is 33.1 Å². The minimum Gasteiger partial charge on any atom is -0.147 e. The number of allylic oxidation sites excluding steroid dienone is 8. The van der Waals surface area contributed by atoms with Crippen LogP contribution < -0.4 is 0 Å². The van der Waals surface area contributed by atoms with E-state index in [9.17, 15) is 0 Å². The van der Waals surface area contributed by atoms with E-state index >= 15 is 0 Å². The van der Waals surface area contributed by atoms with E-state index in [2.05, 4.69) is 38.2 Å². The molecule has 0 nitrogen and oxygen atoms in total. The van der Waals surface area contributed by atoms with Crippen LogP contribution in [-0.2, 0) is 23.2 Å². The Morgan fingerprint density at radius 3 is 2.50 bits per heavy atom. The third-order valence-corrected chi connectivity index (χ3v) is 6.82. The van der Waals surface area contributed by atoms with Gasteiger partial charge in [-0.15, -0.1) is 24.8 Å². The molecule has 0 spiro atoms. The molecule has 0 bridgehead atoms. The average molecular weight is 336 g/mol. The summed E-state index contributed by atoms with van der Waals surface area (Å²) < 4.78 is 3.55. The number of hydrogen-bond donors (Lipinski definition) is 0. The van der Waals surface area contributed by atoms with Crippen molar-refractivity contribution in [3.8, 4) is 0 Å².